The fourth-order valence-electron chi connectivity index (χ4n) is 1.53. The Hall–Kier alpha value is -1.83. The molecule has 0 saturated carbocycles. The van der Waals surface area contributed by atoms with Crippen LogP contribution in [0.15, 0.2) is 41.5 Å². The van der Waals surface area contributed by atoms with Crippen molar-refractivity contribution < 1.29 is 14.2 Å². The summed E-state index contributed by atoms with van der Waals surface area (Å²) in [5.41, 5.74) is 4.25. The van der Waals surface area contributed by atoms with Crippen LogP contribution in [-0.4, -0.2) is 18.4 Å². The summed E-state index contributed by atoms with van der Waals surface area (Å²) in [5.74, 6) is 0.203. The van der Waals surface area contributed by atoms with Gasteiger partial charge in [-0.2, -0.15) is 5.10 Å². The number of nitrogens with one attached hydrogen (secondary N) is 1. The van der Waals surface area contributed by atoms with Crippen LogP contribution in [0.5, 0.6) is 11.5 Å². The Labute approximate surface area is 129 Å². The van der Waals surface area contributed by atoms with Crippen LogP contribution in [0.1, 0.15) is 5.56 Å². The molecule has 0 unspecified atom stereocenters. The van der Waals surface area contributed by atoms with E-state index in [0.717, 1.165) is 5.56 Å². The van der Waals surface area contributed by atoms with E-state index < -0.39 is 0 Å². The summed E-state index contributed by atoms with van der Waals surface area (Å²) in [6, 6.07) is 9.33. The van der Waals surface area contributed by atoms with Crippen molar-refractivity contribution in [1.29, 1.82) is 0 Å². The van der Waals surface area contributed by atoms with Crippen molar-refractivity contribution in [2.75, 3.05) is 12.5 Å². The second-order valence-electron chi connectivity index (χ2n) is 3.93. The second-order valence-corrected chi connectivity index (χ2v) is 5.09. The molecule has 2 N–H and O–H groups in total. The Morgan fingerprint density at radius 3 is 2.65 bits per heavy atom. The molecule has 0 atom stereocenters. The van der Waals surface area contributed by atoms with Gasteiger partial charge in [0.1, 0.15) is 5.82 Å². The molecule has 0 aliphatic carbocycles. The Kier molecular flexibility index (Phi) is 4.78. The lowest BCUT2D eigenvalue weighted by Crippen LogP contribution is -1.93. The fraction of sp³-hybridized carbons (Fsp3) is 0.0714. The van der Waals surface area contributed by atoms with Crippen LogP contribution in [-0.2, 0) is 0 Å². The normalized spacial score (nSPS) is 10.8. The number of phenols is 1. The molecule has 6 heteroatoms. The van der Waals surface area contributed by atoms with E-state index in [1.807, 2.05) is 22.6 Å². The van der Waals surface area contributed by atoms with Gasteiger partial charge in [0.05, 0.1) is 22.6 Å². The van der Waals surface area contributed by atoms with Crippen LogP contribution in [0, 0.1) is 9.39 Å². The summed E-state index contributed by atoms with van der Waals surface area (Å²) in [7, 11) is 1.49. The monoisotopic (exact) mass is 386 g/mol. The first-order chi connectivity index (χ1) is 9.60. The van der Waals surface area contributed by atoms with Crippen LogP contribution < -0.4 is 10.2 Å². The zero-order valence-electron chi connectivity index (χ0n) is 10.6. The van der Waals surface area contributed by atoms with E-state index in [4.69, 9.17) is 4.74 Å². The number of hydrogen-bond donors (Lipinski definition) is 2. The molecule has 0 spiro atoms. The SMILES string of the molecule is COc1cc(/C=N/Nc2ccc(F)cc2)cc(I)c1O. The Balaban J connectivity index is 2.11. The van der Waals surface area contributed by atoms with E-state index in [-0.39, 0.29) is 11.6 Å². The van der Waals surface area contributed by atoms with Gasteiger partial charge in [0, 0.05) is 0 Å². The van der Waals surface area contributed by atoms with Crippen molar-refractivity contribution in [3.05, 3.63) is 51.3 Å². The number of anilines is 1. The number of rotatable bonds is 4. The van der Waals surface area contributed by atoms with Crippen LogP contribution in [0.25, 0.3) is 0 Å². The minimum Gasteiger partial charge on any atom is -0.504 e. The summed E-state index contributed by atoms with van der Waals surface area (Å²) in [6.07, 6.45) is 1.59. The maximum atomic E-state index is 12.7. The molecule has 0 aromatic heterocycles. The number of methoxy groups -OCH3 is 1. The molecule has 4 nitrogen and oxygen atoms in total. The molecule has 0 saturated heterocycles. The zero-order valence-corrected chi connectivity index (χ0v) is 12.8. The molecule has 0 fully saturated rings. The van der Waals surface area contributed by atoms with Crippen LogP contribution in [0.4, 0.5) is 10.1 Å². The predicted molar refractivity (Wildman–Crippen MR) is 85.0 cm³/mol. The minimum atomic E-state index is -0.294. The molecule has 0 aliphatic heterocycles. The van der Waals surface area contributed by atoms with E-state index in [1.54, 1.807) is 30.5 Å². The summed E-state index contributed by atoms with van der Waals surface area (Å²) < 4.78 is 18.5. The Bertz CT molecular complexity index is 630. The number of nitrogens with zero attached hydrogens (tertiary/aromatic N) is 1. The smallest absolute Gasteiger partial charge is 0.171 e. The molecule has 2 rings (SSSR count). The van der Waals surface area contributed by atoms with Crippen LogP contribution in [0.3, 0.4) is 0 Å². The van der Waals surface area contributed by atoms with Gasteiger partial charge in [-0.15, -0.1) is 0 Å². The van der Waals surface area contributed by atoms with Gasteiger partial charge in [0.25, 0.3) is 0 Å². The van der Waals surface area contributed by atoms with Crippen LogP contribution in [0.2, 0.25) is 0 Å². The largest absolute Gasteiger partial charge is 0.504 e. The number of ether oxygens (including phenoxy) is 1. The van der Waals surface area contributed by atoms with Gasteiger partial charge < -0.3 is 9.84 Å². The molecular weight excluding hydrogens is 374 g/mol. The number of halogens is 2. The van der Waals surface area contributed by atoms with E-state index >= 15 is 0 Å². The second kappa shape index (κ2) is 6.56. The minimum absolute atomic E-state index is 0.108. The zero-order chi connectivity index (χ0) is 14.5. The van der Waals surface area contributed by atoms with Gasteiger partial charge >= 0.3 is 0 Å². The van der Waals surface area contributed by atoms with Gasteiger partial charge in [-0.1, -0.05) is 0 Å². The van der Waals surface area contributed by atoms with E-state index in [1.165, 1.54) is 19.2 Å². The molecule has 0 radical (unpaired) electrons. The quantitative estimate of drug-likeness (QED) is 0.480. The summed E-state index contributed by atoms with van der Waals surface area (Å²) in [5, 5.41) is 13.8. The van der Waals surface area contributed by atoms with Crippen molar-refractivity contribution in [2.45, 2.75) is 0 Å². The molecule has 0 aliphatic rings. The fourth-order valence-corrected chi connectivity index (χ4v) is 2.16. The summed E-state index contributed by atoms with van der Waals surface area (Å²) in [6.45, 7) is 0. The van der Waals surface area contributed by atoms with Crippen molar-refractivity contribution in [3.8, 4) is 11.5 Å². The third kappa shape index (κ3) is 3.60. The van der Waals surface area contributed by atoms with Crippen molar-refractivity contribution in [2.24, 2.45) is 5.10 Å². The highest BCUT2D eigenvalue weighted by Crippen LogP contribution is 2.31. The highest BCUT2D eigenvalue weighted by Gasteiger charge is 2.07. The van der Waals surface area contributed by atoms with Gasteiger partial charge in [0.2, 0.25) is 0 Å². The maximum Gasteiger partial charge on any atom is 0.171 e. The molecule has 20 heavy (non-hydrogen) atoms. The maximum absolute atomic E-state index is 12.7. The Morgan fingerprint density at radius 2 is 2.00 bits per heavy atom. The molecule has 0 amide bonds. The number of hydrogen-bond acceptors (Lipinski definition) is 4. The lowest BCUT2D eigenvalue weighted by atomic mass is 10.2. The molecule has 104 valence electrons. The number of aromatic hydroxyl groups is 1. The van der Waals surface area contributed by atoms with Gasteiger partial charge in [-0.25, -0.2) is 4.39 Å². The molecular formula is C14H12FIN2O2. The molecule has 2 aromatic rings. The predicted octanol–water partition coefficient (Wildman–Crippen LogP) is 3.59. The van der Waals surface area contributed by atoms with Crippen molar-refractivity contribution >= 4 is 34.5 Å². The summed E-state index contributed by atoms with van der Waals surface area (Å²) >= 11 is 2.01. The van der Waals surface area contributed by atoms with Crippen molar-refractivity contribution in [1.82, 2.24) is 0 Å². The number of hydrazone groups is 1. The van der Waals surface area contributed by atoms with Crippen LogP contribution >= 0.6 is 22.6 Å². The third-order valence-electron chi connectivity index (χ3n) is 2.52. The standard InChI is InChI=1S/C14H12FIN2O2/c1-20-13-7-9(6-12(16)14(13)19)8-17-18-11-4-2-10(15)3-5-11/h2-8,18-19H,1H3/b17-8+. The first-order valence-electron chi connectivity index (χ1n) is 5.71. The van der Waals surface area contributed by atoms with E-state index in [9.17, 15) is 9.50 Å². The van der Waals surface area contributed by atoms with E-state index in [0.29, 0.717) is 15.0 Å². The van der Waals surface area contributed by atoms with Gasteiger partial charge in [-0.3, -0.25) is 5.43 Å². The van der Waals surface area contributed by atoms with Gasteiger partial charge in [-0.05, 0) is 64.6 Å². The summed E-state index contributed by atoms with van der Waals surface area (Å²) in [4.78, 5) is 0. The first kappa shape index (κ1) is 14.6. The lowest BCUT2D eigenvalue weighted by Gasteiger charge is -2.06. The van der Waals surface area contributed by atoms with Gasteiger partial charge in [0.15, 0.2) is 11.5 Å². The highest BCUT2D eigenvalue weighted by atomic mass is 127. The molecule has 0 heterocycles. The number of phenolic OH excluding ortho intramolecular Hbond substituents is 1. The number of benzene rings is 2. The first-order valence-corrected chi connectivity index (χ1v) is 6.79. The average molecular weight is 386 g/mol. The molecule has 2 aromatic carbocycles. The third-order valence-corrected chi connectivity index (χ3v) is 3.34. The topological polar surface area (TPSA) is 53.8 Å². The molecule has 0 bridgehead atoms. The lowest BCUT2D eigenvalue weighted by molar-refractivity contribution is 0.371. The average Bonchev–Trinajstić information content (AvgIpc) is 2.44. The highest BCUT2D eigenvalue weighted by molar-refractivity contribution is 14.1. The van der Waals surface area contributed by atoms with Crippen molar-refractivity contribution in [3.63, 3.8) is 0 Å². The Morgan fingerprint density at radius 1 is 1.30 bits per heavy atom. The van der Waals surface area contributed by atoms with E-state index in [2.05, 4.69) is 10.5 Å².